The van der Waals surface area contributed by atoms with Crippen molar-refractivity contribution in [2.45, 2.75) is 70.0 Å². The maximum absolute atomic E-state index is 6.68. The van der Waals surface area contributed by atoms with Gasteiger partial charge in [0.2, 0.25) is 0 Å². The van der Waals surface area contributed by atoms with Crippen molar-refractivity contribution >= 4 is 0 Å². The molecule has 0 spiro atoms. The maximum Gasteiger partial charge on any atom is 0.288 e. The van der Waals surface area contributed by atoms with Gasteiger partial charge in [0.1, 0.15) is 11.9 Å². The Balaban J connectivity index is 1.42. The normalized spacial score (nSPS) is 33.8. The van der Waals surface area contributed by atoms with Crippen LogP contribution in [0.15, 0.2) is 60.7 Å². The second kappa shape index (κ2) is 12.2. The van der Waals surface area contributed by atoms with E-state index in [1.807, 2.05) is 55.5 Å². The highest BCUT2D eigenvalue weighted by Gasteiger charge is 2.67. The van der Waals surface area contributed by atoms with E-state index >= 15 is 0 Å². The molecule has 1 aliphatic heterocycles. The molecule has 7 rings (SSSR count). The first kappa shape index (κ1) is 27.8. The molecule has 5 aliphatic rings. The van der Waals surface area contributed by atoms with Gasteiger partial charge in [0.25, 0.3) is 6.48 Å². The van der Waals surface area contributed by atoms with Crippen molar-refractivity contribution in [2.75, 3.05) is 33.5 Å². The fourth-order valence-corrected chi connectivity index (χ4v) is 8.63. The lowest BCUT2D eigenvalue weighted by molar-refractivity contribution is -0.422. The Morgan fingerprint density at radius 1 is 0.950 bits per heavy atom. The van der Waals surface area contributed by atoms with Crippen LogP contribution in [0.5, 0.6) is 5.75 Å². The third-order valence-electron chi connectivity index (χ3n) is 9.74. The molecule has 3 atom stereocenters. The molecule has 3 unspecified atom stereocenters. The van der Waals surface area contributed by atoms with E-state index in [1.165, 1.54) is 38.5 Å². The molecule has 4 bridgehead atoms. The van der Waals surface area contributed by atoms with Gasteiger partial charge in [-0.1, -0.05) is 48.2 Å². The standard InChI is InChI=1S/C34H43NO5/c1-3-37-32(36-2)40-35-17-19-39-31(15-14-26-10-6-4-7-11-26)34(35,16-18-38-30-12-8-5-9-13-30)33-23-27-20-28(24-33)22-29(21-27)25-33/h4-13,27-29,31-32H,3,16-25H2,1-2H3. The van der Waals surface area contributed by atoms with E-state index in [2.05, 4.69) is 29.0 Å². The third kappa shape index (κ3) is 5.43. The lowest BCUT2D eigenvalue weighted by Gasteiger charge is -2.67. The molecule has 5 fully saturated rings. The minimum Gasteiger partial charge on any atom is -0.494 e. The molecule has 4 saturated carbocycles. The molecule has 1 heterocycles. The van der Waals surface area contributed by atoms with Crippen LogP contribution in [0.25, 0.3) is 0 Å². The van der Waals surface area contributed by atoms with Crippen LogP contribution in [0.1, 0.15) is 57.4 Å². The summed E-state index contributed by atoms with van der Waals surface area (Å²) in [6.07, 6.45) is 8.03. The molecule has 40 heavy (non-hydrogen) atoms. The van der Waals surface area contributed by atoms with Gasteiger partial charge in [-0.2, -0.15) is 5.06 Å². The predicted octanol–water partition coefficient (Wildman–Crippen LogP) is 6.06. The molecule has 6 nitrogen and oxygen atoms in total. The van der Waals surface area contributed by atoms with Gasteiger partial charge in [0.15, 0.2) is 0 Å². The Kier molecular flexibility index (Phi) is 8.48. The van der Waals surface area contributed by atoms with Crippen molar-refractivity contribution in [2.24, 2.45) is 23.2 Å². The number of hydrogen-bond donors (Lipinski definition) is 0. The van der Waals surface area contributed by atoms with Crippen LogP contribution < -0.4 is 4.74 Å². The van der Waals surface area contributed by atoms with Gasteiger partial charge in [-0.25, -0.2) is 4.84 Å². The summed E-state index contributed by atoms with van der Waals surface area (Å²) in [5.41, 5.74) is 0.502. The van der Waals surface area contributed by atoms with E-state index in [4.69, 9.17) is 23.8 Å². The first-order chi connectivity index (χ1) is 19.6. The number of benzene rings is 2. The summed E-state index contributed by atoms with van der Waals surface area (Å²) in [6, 6.07) is 20.3. The summed E-state index contributed by atoms with van der Waals surface area (Å²) in [6.45, 7) is 3.39. The number of hydrogen-bond acceptors (Lipinski definition) is 6. The minimum atomic E-state index is -0.783. The summed E-state index contributed by atoms with van der Waals surface area (Å²) < 4.78 is 24.6. The van der Waals surface area contributed by atoms with E-state index in [0.717, 1.165) is 35.5 Å². The largest absolute Gasteiger partial charge is 0.494 e. The van der Waals surface area contributed by atoms with Gasteiger partial charge in [0, 0.05) is 32.2 Å². The third-order valence-corrected chi connectivity index (χ3v) is 9.74. The molecule has 0 aromatic heterocycles. The quantitative estimate of drug-likeness (QED) is 0.267. The topological polar surface area (TPSA) is 49.4 Å². The van der Waals surface area contributed by atoms with Crippen molar-refractivity contribution in [3.05, 3.63) is 66.2 Å². The lowest BCUT2D eigenvalue weighted by atomic mass is 9.43. The Morgan fingerprint density at radius 2 is 1.60 bits per heavy atom. The summed E-state index contributed by atoms with van der Waals surface area (Å²) in [5, 5.41) is 2.17. The number of para-hydroxylation sites is 1. The zero-order chi connectivity index (χ0) is 27.4. The van der Waals surface area contributed by atoms with Gasteiger partial charge in [-0.05, 0) is 92.9 Å². The SMILES string of the molecule is CCOC(OC)ON1CCOC(C#Cc2ccccc2)C1(CCOc1ccccc1)C12CC3CC(CC(C3)C1)C2. The van der Waals surface area contributed by atoms with Gasteiger partial charge < -0.3 is 18.9 Å². The second-order valence-corrected chi connectivity index (χ2v) is 12.1. The highest BCUT2D eigenvalue weighted by Crippen LogP contribution is 2.66. The number of nitrogens with zero attached hydrogens (tertiary/aromatic N) is 1. The molecule has 0 radical (unpaired) electrons. The zero-order valence-corrected chi connectivity index (χ0v) is 23.9. The van der Waals surface area contributed by atoms with Gasteiger partial charge >= 0.3 is 0 Å². The number of ether oxygens (including phenoxy) is 4. The maximum atomic E-state index is 6.68. The molecule has 2 aromatic rings. The van der Waals surface area contributed by atoms with Crippen LogP contribution in [-0.2, 0) is 19.0 Å². The van der Waals surface area contributed by atoms with Crippen molar-refractivity contribution in [1.29, 1.82) is 0 Å². The fraction of sp³-hybridized carbons (Fsp3) is 0.588. The fourth-order valence-electron chi connectivity index (χ4n) is 8.63. The Morgan fingerprint density at radius 3 is 2.23 bits per heavy atom. The van der Waals surface area contributed by atoms with Crippen molar-refractivity contribution in [3.63, 3.8) is 0 Å². The monoisotopic (exact) mass is 545 g/mol. The minimum absolute atomic E-state index is 0.0166. The van der Waals surface area contributed by atoms with Crippen LogP contribution in [0, 0.1) is 35.0 Å². The van der Waals surface area contributed by atoms with E-state index in [0.29, 0.717) is 26.4 Å². The molecule has 0 amide bonds. The van der Waals surface area contributed by atoms with Gasteiger partial charge in [-0.15, -0.1) is 0 Å². The molecule has 214 valence electrons. The summed E-state index contributed by atoms with van der Waals surface area (Å²) in [5.74, 6) is 10.2. The number of hydroxylamine groups is 2. The van der Waals surface area contributed by atoms with Crippen LogP contribution in [0.4, 0.5) is 0 Å². The summed E-state index contributed by atoms with van der Waals surface area (Å²) >= 11 is 0. The average molecular weight is 546 g/mol. The first-order valence-electron chi connectivity index (χ1n) is 15.1. The van der Waals surface area contributed by atoms with E-state index in [9.17, 15) is 0 Å². The Labute approximate surface area is 239 Å². The number of morpholine rings is 1. The highest BCUT2D eigenvalue weighted by atomic mass is 16.9. The second-order valence-electron chi connectivity index (χ2n) is 12.1. The molecule has 6 heteroatoms. The highest BCUT2D eigenvalue weighted by molar-refractivity contribution is 5.36. The Bertz CT molecular complexity index is 1130. The molecule has 1 saturated heterocycles. The van der Waals surface area contributed by atoms with E-state index in [1.54, 1.807) is 7.11 Å². The Hall–Kier alpha value is -2.40. The van der Waals surface area contributed by atoms with Crippen LogP contribution in [0.2, 0.25) is 0 Å². The molecule has 2 aromatic carbocycles. The molecular formula is C34H43NO5. The lowest BCUT2D eigenvalue weighted by Crippen LogP contribution is -2.73. The molecule has 0 N–H and O–H groups in total. The van der Waals surface area contributed by atoms with Crippen molar-refractivity contribution in [3.8, 4) is 17.6 Å². The van der Waals surface area contributed by atoms with E-state index < -0.39 is 12.0 Å². The van der Waals surface area contributed by atoms with Gasteiger partial charge in [-0.3, -0.25) is 0 Å². The van der Waals surface area contributed by atoms with Gasteiger partial charge in [0.05, 0.1) is 18.8 Å². The molecule has 4 aliphatic carbocycles. The predicted molar refractivity (Wildman–Crippen MR) is 153 cm³/mol. The van der Waals surface area contributed by atoms with E-state index in [-0.39, 0.29) is 11.5 Å². The van der Waals surface area contributed by atoms with Crippen LogP contribution >= 0.6 is 0 Å². The van der Waals surface area contributed by atoms with Crippen LogP contribution in [-0.4, -0.2) is 56.7 Å². The summed E-state index contributed by atoms with van der Waals surface area (Å²) in [4.78, 5) is 6.66. The first-order valence-corrected chi connectivity index (χ1v) is 15.1. The average Bonchev–Trinajstić information content (AvgIpc) is 2.97. The number of methoxy groups -OCH3 is 1. The van der Waals surface area contributed by atoms with Crippen molar-refractivity contribution < 1.29 is 23.8 Å². The van der Waals surface area contributed by atoms with Crippen molar-refractivity contribution in [1.82, 2.24) is 5.06 Å². The van der Waals surface area contributed by atoms with Crippen LogP contribution in [0.3, 0.4) is 0 Å². The smallest absolute Gasteiger partial charge is 0.288 e. The molecular weight excluding hydrogens is 502 g/mol. The zero-order valence-electron chi connectivity index (χ0n) is 23.9. The number of rotatable bonds is 10. The summed E-state index contributed by atoms with van der Waals surface area (Å²) in [7, 11) is 1.64.